The lowest BCUT2D eigenvalue weighted by Crippen LogP contribution is -2.14. The van der Waals surface area contributed by atoms with Crippen LogP contribution in [0.4, 0.5) is 5.69 Å². The van der Waals surface area contributed by atoms with Crippen LogP contribution in [-0.2, 0) is 10.0 Å². The van der Waals surface area contributed by atoms with Crippen LogP contribution in [0.5, 0.6) is 0 Å². The zero-order valence-electron chi connectivity index (χ0n) is 11.2. The molecular formula is C13H15N3O3S. The maximum atomic E-state index is 11.6. The molecule has 0 radical (unpaired) electrons. The molecule has 0 aliphatic heterocycles. The highest BCUT2D eigenvalue weighted by molar-refractivity contribution is 7.92. The quantitative estimate of drug-likeness (QED) is 0.893. The van der Waals surface area contributed by atoms with Crippen molar-refractivity contribution in [2.24, 2.45) is 0 Å². The van der Waals surface area contributed by atoms with Crippen LogP contribution in [0, 0.1) is 6.92 Å². The van der Waals surface area contributed by atoms with Crippen LogP contribution < -0.4 is 10.3 Å². The molecule has 0 unspecified atom stereocenters. The Bertz CT molecular complexity index is 781. The van der Waals surface area contributed by atoms with Gasteiger partial charge in [-0.2, -0.15) is 5.10 Å². The molecule has 2 N–H and O–H groups in total. The van der Waals surface area contributed by atoms with E-state index in [9.17, 15) is 13.2 Å². The molecule has 1 heterocycles. The van der Waals surface area contributed by atoms with Crippen molar-refractivity contribution in [3.05, 3.63) is 46.4 Å². The number of aryl methyl sites for hydroxylation is 1. The van der Waals surface area contributed by atoms with Gasteiger partial charge >= 0.3 is 0 Å². The SMILES string of the molecule is CCS(=O)(=O)Nc1cccc(-c2cc(=O)[nH]nc2C)c1. The standard InChI is InChI=1S/C13H15N3O3S/c1-3-20(18,19)16-11-6-4-5-10(7-11)12-8-13(17)15-14-9(12)2/h4-8,16H,3H2,1-2H3,(H,15,17). The number of anilines is 1. The van der Waals surface area contributed by atoms with E-state index in [1.54, 1.807) is 38.1 Å². The number of nitrogens with one attached hydrogen (secondary N) is 2. The molecular weight excluding hydrogens is 278 g/mol. The van der Waals surface area contributed by atoms with Gasteiger partial charge in [0.15, 0.2) is 0 Å². The van der Waals surface area contributed by atoms with E-state index in [1.807, 2.05) is 0 Å². The highest BCUT2D eigenvalue weighted by atomic mass is 32.2. The molecule has 106 valence electrons. The summed E-state index contributed by atoms with van der Waals surface area (Å²) in [5, 5.41) is 6.25. The second-order valence-corrected chi connectivity index (χ2v) is 6.33. The van der Waals surface area contributed by atoms with E-state index < -0.39 is 10.0 Å². The molecule has 0 aliphatic rings. The maximum absolute atomic E-state index is 11.6. The Labute approximate surface area is 116 Å². The minimum atomic E-state index is -3.32. The maximum Gasteiger partial charge on any atom is 0.264 e. The summed E-state index contributed by atoms with van der Waals surface area (Å²) in [4.78, 5) is 11.3. The van der Waals surface area contributed by atoms with Gasteiger partial charge in [0.1, 0.15) is 0 Å². The van der Waals surface area contributed by atoms with E-state index >= 15 is 0 Å². The van der Waals surface area contributed by atoms with E-state index in [2.05, 4.69) is 14.9 Å². The summed E-state index contributed by atoms with van der Waals surface area (Å²) in [5.41, 5.74) is 2.23. The van der Waals surface area contributed by atoms with Gasteiger partial charge < -0.3 is 0 Å². The number of rotatable bonds is 4. The lowest BCUT2D eigenvalue weighted by atomic mass is 10.0. The van der Waals surface area contributed by atoms with E-state index in [4.69, 9.17) is 0 Å². The third-order valence-electron chi connectivity index (χ3n) is 2.83. The Balaban J connectivity index is 2.45. The lowest BCUT2D eigenvalue weighted by Gasteiger charge is -2.09. The van der Waals surface area contributed by atoms with Crippen LogP contribution >= 0.6 is 0 Å². The van der Waals surface area contributed by atoms with Gasteiger partial charge in [-0.05, 0) is 31.5 Å². The number of aromatic nitrogens is 2. The Hall–Kier alpha value is -2.15. The number of H-pyrrole nitrogens is 1. The predicted octanol–water partition coefficient (Wildman–Crippen LogP) is 1.51. The van der Waals surface area contributed by atoms with Crippen LogP contribution in [0.15, 0.2) is 35.1 Å². The first-order chi connectivity index (χ1) is 9.41. The number of nitrogens with zero attached hydrogens (tertiary/aromatic N) is 1. The van der Waals surface area contributed by atoms with Gasteiger partial charge in [-0.25, -0.2) is 13.5 Å². The predicted molar refractivity (Wildman–Crippen MR) is 78.1 cm³/mol. The largest absolute Gasteiger partial charge is 0.284 e. The second kappa shape index (κ2) is 5.46. The molecule has 0 bridgehead atoms. The molecule has 20 heavy (non-hydrogen) atoms. The molecule has 2 aromatic rings. The number of sulfonamides is 1. The Morgan fingerprint density at radius 3 is 2.75 bits per heavy atom. The van der Waals surface area contributed by atoms with E-state index in [0.717, 1.165) is 5.56 Å². The Morgan fingerprint density at radius 2 is 2.05 bits per heavy atom. The van der Waals surface area contributed by atoms with Crippen molar-refractivity contribution >= 4 is 15.7 Å². The second-order valence-electron chi connectivity index (χ2n) is 4.32. The van der Waals surface area contributed by atoms with E-state index in [1.165, 1.54) is 6.07 Å². The zero-order valence-corrected chi connectivity index (χ0v) is 12.0. The minimum absolute atomic E-state index is 0.00279. The van der Waals surface area contributed by atoms with Gasteiger partial charge in [-0.15, -0.1) is 0 Å². The molecule has 0 saturated heterocycles. The monoisotopic (exact) mass is 293 g/mol. The first-order valence-corrected chi connectivity index (χ1v) is 7.74. The van der Waals surface area contributed by atoms with E-state index in [0.29, 0.717) is 16.9 Å². The summed E-state index contributed by atoms with van der Waals surface area (Å²) in [7, 11) is -3.32. The molecule has 0 fully saturated rings. The average molecular weight is 293 g/mol. The van der Waals surface area contributed by atoms with Crippen molar-refractivity contribution in [3.63, 3.8) is 0 Å². The topological polar surface area (TPSA) is 91.9 Å². The fraction of sp³-hybridized carbons (Fsp3) is 0.231. The Morgan fingerprint density at radius 1 is 1.30 bits per heavy atom. The summed E-state index contributed by atoms with van der Waals surface area (Å²) in [6.07, 6.45) is 0. The average Bonchev–Trinajstić information content (AvgIpc) is 2.41. The summed E-state index contributed by atoms with van der Waals surface area (Å²) in [6.45, 7) is 3.34. The Kier molecular flexibility index (Phi) is 3.89. The molecule has 1 aromatic carbocycles. The third kappa shape index (κ3) is 3.24. The number of hydrogen-bond acceptors (Lipinski definition) is 4. The molecule has 2 rings (SSSR count). The molecule has 7 heteroatoms. The highest BCUT2D eigenvalue weighted by Gasteiger charge is 2.09. The number of aromatic amines is 1. The van der Waals surface area contributed by atoms with Crippen LogP contribution in [-0.4, -0.2) is 24.4 Å². The van der Waals surface area contributed by atoms with Gasteiger partial charge in [0.05, 0.1) is 11.4 Å². The van der Waals surface area contributed by atoms with Crippen molar-refractivity contribution in [1.29, 1.82) is 0 Å². The van der Waals surface area contributed by atoms with Crippen molar-refractivity contribution in [1.82, 2.24) is 10.2 Å². The van der Waals surface area contributed by atoms with Gasteiger partial charge in [-0.1, -0.05) is 12.1 Å². The fourth-order valence-electron chi connectivity index (χ4n) is 1.76. The zero-order chi connectivity index (χ0) is 14.8. The minimum Gasteiger partial charge on any atom is -0.284 e. The van der Waals surface area contributed by atoms with Gasteiger partial charge in [-0.3, -0.25) is 9.52 Å². The summed E-state index contributed by atoms with van der Waals surface area (Å²) in [6, 6.07) is 8.30. The first kappa shape index (κ1) is 14.3. The van der Waals surface area contributed by atoms with Crippen molar-refractivity contribution in [2.75, 3.05) is 10.5 Å². The molecule has 0 saturated carbocycles. The first-order valence-electron chi connectivity index (χ1n) is 6.08. The molecule has 0 spiro atoms. The molecule has 0 aliphatic carbocycles. The third-order valence-corrected chi connectivity index (χ3v) is 4.13. The molecule has 0 amide bonds. The van der Waals surface area contributed by atoms with Gasteiger partial charge in [0.2, 0.25) is 10.0 Å². The summed E-state index contributed by atoms with van der Waals surface area (Å²) >= 11 is 0. The smallest absolute Gasteiger partial charge is 0.264 e. The summed E-state index contributed by atoms with van der Waals surface area (Å²) in [5.74, 6) is 0.00279. The molecule has 6 nitrogen and oxygen atoms in total. The fourth-order valence-corrected chi connectivity index (χ4v) is 2.39. The molecule has 1 aromatic heterocycles. The van der Waals surface area contributed by atoms with Crippen LogP contribution in [0.25, 0.3) is 11.1 Å². The van der Waals surface area contributed by atoms with Crippen molar-refractivity contribution in [3.8, 4) is 11.1 Å². The normalized spacial score (nSPS) is 11.3. The highest BCUT2D eigenvalue weighted by Crippen LogP contribution is 2.23. The van der Waals surface area contributed by atoms with Crippen LogP contribution in [0.1, 0.15) is 12.6 Å². The summed E-state index contributed by atoms with van der Waals surface area (Å²) < 4.78 is 25.6. The van der Waals surface area contributed by atoms with Crippen LogP contribution in [0.2, 0.25) is 0 Å². The van der Waals surface area contributed by atoms with Crippen molar-refractivity contribution in [2.45, 2.75) is 13.8 Å². The lowest BCUT2D eigenvalue weighted by molar-refractivity contribution is 0.602. The van der Waals surface area contributed by atoms with Gasteiger partial charge in [0, 0.05) is 17.3 Å². The number of benzene rings is 1. The molecule has 0 atom stereocenters. The van der Waals surface area contributed by atoms with Gasteiger partial charge in [0.25, 0.3) is 5.56 Å². The van der Waals surface area contributed by atoms with Crippen molar-refractivity contribution < 1.29 is 8.42 Å². The van der Waals surface area contributed by atoms with E-state index in [-0.39, 0.29) is 11.3 Å². The number of hydrogen-bond donors (Lipinski definition) is 2. The van der Waals surface area contributed by atoms with Crippen LogP contribution in [0.3, 0.4) is 0 Å².